The van der Waals surface area contributed by atoms with Crippen LogP contribution >= 0.6 is 11.3 Å². The third-order valence-corrected chi connectivity index (χ3v) is 12.8. The van der Waals surface area contributed by atoms with Crippen molar-refractivity contribution in [2.45, 2.75) is 97.4 Å². The Morgan fingerprint density at radius 2 is 1.83 bits per heavy atom. The third kappa shape index (κ3) is 4.03. The van der Waals surface area contributed by atoms with Crippen LogP contribution in [0.25, 0.3) is 0 Å². The summed E-state index contributed by atoms with van der Waals surface area (Å²) in [5.74, 6) is 3.76. The number of carbonyl (C=O) groups excluding carboxylic acids is 3. The predicted octanol–water partition coefficient (Wildman–Crippen LogP) is 6.75. The Bertz CT molecular complexity index is 1030. The molecule has 1 aromatic heterocycles. The lowest BCUT2D eigenvalue weighted by Gasteiger charge is -2.59. The highest BCUT2D eigenvalue weighted by molar-refractivity contribution is 7.10. The molecule has 0 spiro atoms. The van der Waals surface area contributed by atoms with Gasteiger partial charge in [0.25, 0.3) is 0 Å². The zero-order valence-corrected chi connectivity index (χ0v) is 23.1. The Morgan fingerprint density at radius 1 is 1.06 bits per heavy atom. The SMILES string of the molecule is C[C@H](CC(=O)N[C@H](c1cccs1)C1CC1)C1CC[C@H]2C3C(=O)CC4CC(=O)CCC4(C)[C@H]3CCC12C. The zero-order chi connectivity index (χ0) is 25.2. The molecule has 6 rings (SSSR count). The van der Waals surface area contributed by atoms with E-state index in [1.54, 1.807) is 11.3 Å². The van der Waals surface area contributed by atoms with Gasteiger partial charge in [0.05, 0.1) is 6.04 Å². The molecular weight excluding hydrogens is 466 g/mol. The number of Topliss-reactive ketones (excluding diaryl/α,β-unsaturated/α-hetero) is 2. The molecule has 5 aliphatic carbocycles. The predicted molar refractivity (Wildman–Crippen MR) is 142 cm³/mol. The van der Waals surface area contributed by atoms with E-state index in [-0.39, 0.29) is 34.6 Å². The van der Waals surface area contributed by atoms with E-state index >= 15 is 0 Å². The molecule has 9 atom stereocenters. The standard InChI is InChI=1S/C31H43NO3S/c1-18(15-27(35)32-29(19-6-7-19)26-5-4-14-36-26)22-8-9-23-28-24(11-13-31(22,23)3)30(2)12-10-21(33)16-20(30)17-25(28)34/h4-5,14,18-20,22-24,28-29H,6-13,15-17H2,1-3H3,(H,32,35)/t18-,20?,22?,23+,24+,28?,29+,30?,31?/m1/s1. The van der Waals surface area contributed by atoms with Crippen molar-refractivity contribution in [1.82, 2.24) is 5.32 Å². The Hall–Kier alpha value is -1.49. The van der Waals surface area contributed by atoms with Crippen molar-refractivity contribution < 1.29 is 14.4 Å². The van der Waals surface area contributed by atoms with E-state index in [0.29, 0.717) is 66.8 Å². The summed E-state index contributed by atoms with van der Waals surface area (Å²) in [7, 11) is 0. The first-order valence-electron chi connectivity index (χ1n) is 14.6. The molecule has 1 amide bonds. The number of rotatable bonds is 6. The number of carbonyl (C=O) groups is 3. The highest BCUT2D eigenvalue weighted by Crippen LogP contribution is 2.67. The monoisotopic (exact) mass is 509 g/mol. The minimum Gasteiger partial charge on any atom is -0.348 e. The van der Waals surface area contributed by atoms with Crippen LogP contribution in [0.15, 0.2) is 17.5 Å². The molecule has 0 radical (unpaired) electrons. The largest absolute Gasteiger partial charge is 0.348 e. The maximum absolute atomic E-state index is 13.6. The van der Waals surface area contributed by atoms with Crippen molar-refractivity contribution in [1.29, 1.82) is 0 Å². The molecule has 36 heavy (non-hydrogen) atoms. The van der Waals surface area contributed by atoms with Crippen LogP contribution in [-0.4, -0.2) is 17.5 Å². The molecule has 1 N–H and O–H groups in total. The van der Waals surface area contributed by atoms with Crippen molar-refractivity contribution in [2.24, 2.45) is 52.3 Å². The van der Waals surface area contributed by atoms with E-state index in [2.05, 4.69) is 43.6 Å². The van der Waals surface area contributed by atoms with E-state index in [4.69, 9.17) is 0 Å². The molecular formula is C31H43NO3S. The summed E-state index contributed by atoms with van der Waals surface area (Å²) in [5.41, 5.74) is 0.297. The first-order chi connectivity index (χ1) is 17.2. The normalized spacial score (nSPS) is 41.7. The van der Waals surface area contributed by atoms with Crippen LogP contribution < -0.4 is 5.32 Å². The van der Waals surface area contributed by atoms with Crippen LogP contribution in [0.2, 0.25) is 0 Å². The minimum atomic E-state index is 0.147. The van der Waals surface area contributed by atoms with Gasteiger partial charge >= 0.3 is 0 Å². The maximum Gasteiger partial charge on any atom is 0.220 e. The first kappa shape index (κ1) is 24.8. The second kappa shape index (κ2) is 9.06. The lowest BCUT2D eigenvalue weighted by Crippen LogP contribution is -2.57. The van der Waals surface area contributed by atoms with Crippen LogP contribution in [0.1, 0.15) is 102 Å². The highest BCUT2D eigenvalue weighted by atomic mass is 32.1. The minimum absolute atomic E-state index is 0.147. The molecule has 196 valence electrons. The van der Waals surface area contributed by atoms with Crippen molar-refractivity contribution >= 4 is 28.8 Å². The topological polar surface area (TPSA) is 63.2 Å². The second-order valence-electron chi connectivity index (χ2n) is 13.7. The fraction of sp³-hybridized carbons (Fsp3) is 0.774. The summed E-state index contributed by atoms with van der Waals surface area (Å²) in [6.45, 7) is 7.14. The summed E-state index contributed by atoms with van der Waals surface area (Å²) in [6.07, 6.45) is 10.5. The highest BCUT2D eigenvalue weighted by Gasteiger charge is 2.63. The Morgan fingerprint density at radius 3 is 2.56 bits per heavy atom. The molecule has 5 unspecified atom stereocenters. The molecule has 0 bridgehead atoms. The van der Waals surface area contributed by atoms with Crippen molar-refractivity contribution in [3.05, 3.63) is 22.4 Å². The molecule has 0 saturated heterocycles. The van der Waals surface area contributed by atoms with E-state index < -0.39 is 0 Å². The number of ketones is 2. The van der Waals surface area contributed by atoms with Gasteiger partial charge < -0.3 is 5.32 Å². The van der Waals surface area contributed by atoms with Gasteiger partial charge in [-0.2, -0.15) is 0 Å². The summed E-state index contributed by atoms with van der Waals surface area (Å²) in [5, 5.41) is 5.51. The number of hydrogen-bond donors (Lipinski definition) is 1. The lowest BCUT2D eigenvalue weighted by atomic mass is 9.44. The van der Waals surface area contributed by atoms with Gasteiger partial charge in [0, 0.05) is 36.5 Å². The number of amides is 1. The van der Waals surface area contributed by atoms with Gasteiger partial charge in [0.2, 0.25) is 5.91 Å². The van der Waals surface area contributed by atoms with Gasteiger partial charge in [-0.3, -0.25) is 14.4 Å². The molecule has 4 nitrogen and oxygen atoms in total. The third-order valence-electron chi connectivity index (χ3n) is 11.8. The number of fused-ring (bicyclic) bond motifs is 5. The van der Waals surface area contributed by atoms with Gasteiger partial charge in [0.15, 0.2) is 0 Å². The van der Waals surface area contributed by atoms with Gasteiger partial charge in [-0.05, 0) is 103 Å². The Labute approximate surface area is 220 Å². The second-order valence-corrected chi connectivity index (χ2v) is 14.6. The molecule has 0 aromatic carbocycles. The fourth-order valence-electron chi connectivity index (χ4n) is 9.69. The van der Waals surface area contributed by atoms with Crippen LogP contribution in [-0.2, 0) is 14.4 Å². The van der Waals surface area contributed by atoms with Crippen molar-refractivity contribution in [2.75, 3.05) is 0 Å². The van der Waals surface area contributed by atoms with E-state index in [1.165, 1.54) is 24.1 Å². The average Bonchev–Trinajstić information content (AvgIpc) is 3.39. The number of hydrogen-bond acceptors (Lipinski definition) is 4. The molecule has 1 heterocycles. The summed E-state index contributed by atoms with van der Waals surface area (Å²) >= 11 is 1.75. The van der Waals surface area contributed by atoms with Crippen LogP contribution in [0.5, 0.6) is 0 Å². The Balaban J connectivity index is 1.15. The van der Waals surface area contributed by atoms with E-state index in [0.717, 1.165) is 25.7 Å². The summed E-state index contributed by atoms with van der Waals surface area (Å²) in [6, 6.07) is 4.43. The number of nitrogens with one attached hydrogen (secondary N) is 1. The molecule has 0 aliphatic heterocycles. The zero-order valence-electron chi connectivity index (χ0n) is 22.3. The van der Waals surface area contributed by atoms with Crippen LogP contribution in [0.4, 0.5) is 0 Å². The van der Waals surface area contributed by atoms with Crippen LogP contribution in [0, 0.1) is 52.3 Å². The Kier molecular flexibility index (Phi) is 6.25. The summed E-state index contributed by atoms with van der Waals surface area (Å²) in [4.78, 5) is 40.3. The average molecular weight is 510 g/mol. The van der Waals surface area contributed by atoms with Gasteiger partial charge in [-0.1, -0.05) is 26.8 Å². The molecule has 5 saturated carbocycles. The lowest BCUT2D eigenvalue weighted by molar-refractivity contribution is -0.159. The molecule has 5 heteroatoms. The van der Waals surface area contributed by atoms with E-state index in [1.807, 2.05) is 0 Å². The van der Waals surface area contributed by atoms with Crippen molar-refractivity contribution in [3.63, 3.8) is 0 Å². The molecule has 5 aliphatic rings. The van der Waals surface area contributed by atoms with Gasteiger partial charge in [-0.15, -0.1) is 11.3 Å². The number of thiophene rings is 1. The fourth-order valence-corrected chi connectivity index (χ4v) is 10.6. The molecule has 1 aromatic rings. The quantitative estimate of drug-likeness (QED) is 0.461. The van der Waals surface area contributed by atoms with Gasteiger partial charge in [0.1, 0.15) is 11.6 Å². The smallest absolute Gasteiger partial charge is 0.220 e. The summed E-state index contributed by atoms with van der Waals surface area (Å²) < 4.78 is 0. The first-order valence-corrected chi connectivity index (χ1v) is 15.5. The van der Waals surface area contributed by atoms with Crippen LogP contribution in [0.3, 0.4) is 0 Å². The van der Waals surface area contributed by atoms with E-state index in [9.17, 15) is 14.4 Å². The maximum atomic E-state index is 13.6. The van der Waals surface area contributed by atoms with Crippen molar-refractivity contribution in [3.8, 4) is 0 Å². The van der Waals surface area contributed by atoms with Gasteiger partial charge in [-0.25, -0.2) is 0 Å². The molecule has 5 fully saturated rings.